The molecule has 0 saturated carbocycles. The topological polar surface area (TPSA) is 49.0 Å². The highest BCUT2D eigenvalue weighted by atomic mass is 16.1. The van der Waals surface area contributed by atoms with E-state index in [1.807, 2.05) is 24.3 Å². The van der Waals surface area contributed by atoms with Crippen LogP contribution in [0.4, 0.5) is 0 Å². The van der Waals surface area contributed by atoms with Crippen LogP contribution >= 0.6 is 0 Å². The number of nitrogens with zero attached hydrogens (tertiary/aromatic N) is 2. The zero-order valence-electron chi connectivity index (χ0n) is 16.2. The summed E-state index contributed by atoms with van der Waals surface area (Å²) < 4.78 is 0. The zero-order chi connectivity index (χ0) is 19.0. The van der Waals surface area contributed by atoms with Gasteiger partial charge in [0.1, 0.15) is 5.82 Å². The van der Waals surface area contributed by atoms with Gasteiger partial charge in [0.05, 0.1) is 5.69 Å². The molecular weight excluding hydrogens is 334 g/mol. The lowest BCUT2D eigenvalue weighted by Gasteiger charge is -2.28. The van der Waals surface area contributed by atoms with Gasteiger partial charge in [-0.25, -0.2) is 4.98 Å². The lowest BCUT2D eigenvalue weighted by molar-refractivity contribution is 0.240. The van der Waals surface area contributed by atoms with Gasteiger partial charge in [0.25, 0.3) is 5.56 Å². The predicted molar refractivity (Wildman–Crippen MR) is 109 cm³/mol. The first kappa shape index (κ1) is 17.7. The molecule has 3 aromatic rings. The van der Waals surface area contributed by atoms with Gasteiger partial charge in [-0.05, 0) is 38.3 Å². The van der Waals surface area contributed by atoms with E-state index in [-0.39, 0.29) is 5.56 Å². The van der Waals surface area contributed by atoms with Crippen molar-refractivity contribution in [2.75, 3.05) is 6.54 Å². The Morgan fingerprint density at radius 2 is 1.78 bits per heavy atom. The Hall–Kier alpha value is -2.72. The maximum absolute atomic E-state index is 12.6. The molecule has 4 heteroatoms. The molecule has 2 heterocycles. The molecule has 2 aromatic carbocycles. The van der Waals surface area contributed by atoms with E-state index < -0.39 is 0 Å². The summed E-state index contributed by atoms with van der Waals surface area (Å²) in [6.07, 6.45) is 0.747. The molecule has 1 aliphatic rings. The van der Waals surface area contributed by atoms with Gasteiger partial charge in [0.15, 0.2) is 0 Å². The number of aromatic amines is 1. The van der Waals surface area contributed by atoms with Crippen molar-refractivity contribution in [1.29, 1.82) is 0 Å². The second-order valence-electron chi connectivity index (χ2n) is 7.60. The standard InChI is InChI=1S/C23H25N3O/c1-15-5-8-18(9-6-15)22-24-21-14-26(11-10-20(21)23(27)25-22)13-19-12-16(2)4-7-17(19)3/h4-9,12H,10-11,13-14H2,1-3H3,(H,24,25,27). The molecule has 0 radical (unpaired) electrons. The predicted octanol–water partition coefficient (Wildman–Crippen LogP) is 3.92. The van der Waals surface area contributed by atoms with Gasteiger partial charge in [-0.15, -0.1) is 0 Å². The molecule has 0 bridgehead atoms. The summed E-state index contributed by atoms with van der Waals surface area (Å²) in [5.74, 6) is 0.660. The van der Waals surface area contributed by atoms with Crippen LogP contribution in [0.15, 0.2) is 47.3 Å². The minimum atomic E-state index is 0.00182. The van der Waals surface area contributed by atoms with E-state index in [4.69, 9.17) is 4.98 Å². The molecule has 138 valence electrons. The average molecular weight is 359 g/mol. The van der Waals surface area contributed by atoms with Gasteiger partial charge in [-0.3, -0.25) is 9.69 Å². The Kier molecular flexibility index (Phi) is 4.66. The van der Waals surface area contributed by atoms with Crippen LogP contribution in [0.3, 0.4) is 0 Å². The van der Waals surface area contributed by atoms with Crippen molar-refractivity contribution in [3.05, 3.63) is 86.3 Å². The number of fused-ring (bicyclic) bond motifs is 1. The highest BCUT2D eigenvalue weighted by Crippen LogP contribution is 2.21. The Morgan fingerprint density at radius 3 is 2.56 bits per heavy atom. The van der Waals surface area contributed by atoms with Crippen LogP contribution in [-0.4, -0.2) is 21.4 Å². The first-order chi connectivity index (χ1) is 13.0. The summed E-state index contributed by atoms with van der Waals surface area (Å²) in [6.45, 7) is 8.83. The quantitative estimate of drug-likeness (QED) is 0.771. The number of hydrogen-bond acceptors (Lipinski definition) is 3. The highest BCUT2D eigenvalue weighted by Gasteiger charge is 2.22. The fourth-order valence-corrected chi connectivity index (χ4v) is 3.69. The summed E-state index contributed by atoms with van der Waals surface area (Å²) in [5.41, 5.74) is 7.83. The second kappa shape index (κ2) is 7.12. The van der Waals surface area contributed by atoms with Gasteiger partial charge in [-0.2, -0.15) is 0 Å². The average Bonchev–Trinajstić information content (AvgIpc) is 2.65. The molecule has 0 saturated heterocycles. The van der Waals surface area contributed by atoms with Gasteiger partial charge in [0, 0.05) is 30.8 Å². The Balaban J connectivity index is 1.62. The molecule has 1 N–H and O–H groups in total. The van der Waals surface area contributed by atoms with Crippen molar-refractivity contribution in [1.82, 2.24) is 14.9 Å². The normalized spacial score (nSPS) is 14.2. The molecule has 0 amide bonds. The van der Waals surface area contributed by atoms with E-state index in [2.05, 4.69) is 48.9 Å². The molecule has 0 spiro atoms. The fourth-order valence-electron chi connectivity index (χ4n) is 3.69. The maximum atomic E-state index is 12.6. The Labute approximate surface area is 159 Å². The second-order valence-corrected chi connectivity index (χ2v) is 7.60. The van der Waals surface area contributed by atoms with Gasteiger partial charge in [-0.1, -0.05) is 53.6 Å². The van der Waals surface area contributed by atoms with Gasteiger partial charge < -0.3 is 4.98 Å². The Bertz CT molecular complexity index is 1030. The largest absolute Gasteiger partial charge is 0.306 e. The molecule has 0 fully saturated rings. The monoisotopic (exact) mass is 359 g/mol. The first-order valence-electron chi connectivity index (χ1n) is 9.47. The lowest BCUT2D eigenvalue weighted by Crippen LogP contribution is -2.35. The van der Waals surface area contributed by atoms with E-state index in [0.717, 1.165) is 36.3 Å². The van der Waals surface area contributed by atoms with E-state index in [1.54, 1.807) is 0 Å². The summed E-state index contributed by atoms with van der Waals surface area (Å²) in [5, 5.41) is 0. The molecule has 0 unspecified atom stereocenters. The van der Waals surface area contributed by atoms with E-state index in [0.29, 0.717) is 12.4 Å². The summed E-state index contributed by atoms with van der Waals surface area (Å²) in [6, 6.07) is 14.7. The van der Waals surface area contributed by atoms with Crippen LogP contribution in [0.5, 0.6) is 0 Å². The molecule has 1 aromatic heterocycles. The Morgan fingerprint density at radius 1 is 1.04 bits per heavy atom. The van der Waals surface area contributed by atoms with Crippen molar-refractivity contribution < 1.29 is 0 Å². The van der Waals surface area contributed by atoms with Crippen molar-refractivity contribution in [2.45, 2.75) is 40.3 Å². The maximum Gasteiger partial charge on any atom is 0.254 e. The lowest BCUT2D eigenvalue weighted by atomic mass is 10.0. The van der Waals surface area contributed by atoms with Crippen LogP contribution in [0.2, 0.25) is 0 Å². The summed E-state index contributed by atoms with van der Waals surface area (Å²) >= 11 is 0. The SMILES string of the molecule is Cc1ccc(-c2nc3c(c(=O)[nH]2)CCN(Cc2cc(C)ccc2C)C3)cc1. The smallest absolute Gasteiger partial charge is 0.254 e. The molecule has 4 rings (SSSR count). The highest BCUT2D eigenvalue weighted by molar-refractivity contribution is 5.55. The van der Waals surface area contributed by atoms with Crippen molar-refractivity contribution in [3.63, 3.8) is 0 Å². The molecule has 0 atom stereocenters. The summed E-state index contributed by atoms with van der Waals surface area (Å²) in [7, 11) is 0. The van der Waals surface area contributed by atoms with E-state index >= 15 is 0 Å². The number of H-pyrrole nitrogens is 1. The van der Waals surface area contributed by atoms with Gasteiger partial charge >= 0.3 is 0 Å². The number of rotatable bonds is 3. The van der Waals surface area contributed by atoms with Crippen molar-refractivity contribution in [2.24, 2.45) is 0 Å². The van der Waals surface area contributed by atoms with Gasteiger partial charge in [0.2, 0.25) is 0 Å². The molecular formula is C23H25N3O. The minimum Gasteiger partial charge on any atom is -0.306 e. The van der Waals surface area contributed by atoms with Crippen LogP contribution in [0, 0.1) is 20.8 Å². The minimum absolute atomic E-state index is 0.00182. The number of aromatic nitrogens is 2. The van der Waals surface area contributed by atoms with E-state index in [1.165, 1.54) is 22.3 Å². The number of hydrogen-bond donors (Lipinski definition) is 1. The number of benzene rings is 2. The van der Waals surface area contributed by atoms with Crippen LogP contribution in [-0.2, 0) is 19.5 Å². The van der Waals surface area contributed by atoms with Crippen molar-refractivity contribution in [3.8, 4) is 11.4 Å². The van der Waals surface area contributed by atoms with Crippen LogP contribution < -0.4 is 5.56 Å². The third kappa shape index (κ3) is 3.71. The third-order valence-electron chi connectivity index (χ3n) is 5.38. The third-order valence-corrected chi connectivity index (χ3v) is 5.38. The first-order valence-corrected chi connectivity index (χ1v) is 9.47. The number of aryl methyl sites for hydroxylation is 3. The van der Waals surface area contributed by atoms with Crippen molar-refractivity contribution >= 4 is 0 Å². The molecule has 27 heavy (non-hydrogen) atoms. The zero-order valence-corrected chi connectivity index (χ0v) is 16.2. The molecule has 4 nitrogen and oxygen atoms in total. The van der Waals surface area contributed by atoms with Crippen LogP contribution in [0.1, 0.15) is 33.5 Å². The van der Waals surface area contributed by atoms with E-state index in [9.17, 15) is 4.79 Å². The molecule has 1 aliphatic heterocycles. The fraction of sp³-hybridized carbons (Fsp3) is 0.304. The molecule has 0 aliphatic carbocycles. The number of nitrogens with one attached hydrogen (secondary N) is 1. The van der Waals surface area contributed by atoms with Crippen LogP contribution in [0.25, 0.3) is 11.4 Å². The summed E-state index contributed by atoms with van der Waals surface area (Å²) in [4.78, 5) is 22.7.